The predicted molar refractivity (Wildman–Crippen MR) is 94.4 cm³/mol. The monoisotopic (exact) mass is 350 g/mol. The minimum absolute atomic E-state index is 0.413. The van der Waals surface area contributed by atoms with Gasteiger partial charge in [0, 0.05) is 13.2 Å². The molecular formula is C21H34O4. The highest BCUT2D eigenvalue weighted by molar-refractivity contribution is 5.02. The lowest BCUT2D eigenvalue weighted by atomic mass is 9.64. The maximum absolute atomic E-state index is 5.82. The number of fused-ring (bicyclic) bond motifs is 5. The van der Waals surface area contributed by atoms with E-state index in [1.165, 1.54) is 44.9 Å². The summed E-state index contributed by atoms with van der Waals surface area (Å²) in [4.78, 5) is 0. The van der Waals surface area contributed by atoms with Gasteiger partial charge in [0.2, 0.25) is 0 Å². The number of epoxide rings is 2. The Morgan fingerprint density at radius 3 is 2.16 bits per heavy atom. The van der Waals surface area contributed by atoms with Crippen LogP contribution in [0.1, 0.15) is 44.9 Å². The van der Waals surface area contributed by atoms with Crippen LogP contribution >= 0.6 is 0 Å². The highest BCUT2D eigenvalue weighted by Crippen LogP contribution is 2.61. The van der Waals surface area contributed by atoms with Crippen molar-refractivity contribution in [2.24, 2.45) is 35.5 Å². The molecule has 2 bridgehead atoms. The Morgan fingerprint density at radius 2 is 1.44 bits per heavy atom. The van der Waals surface area contributed by atoms with Gasteiger partial charge in [-0.2, -0.15) is 0 Å². The largest absolute Gasteiger partial charge is 0.379 e. The molecule has 8 atom stereocenters. The number of hydrogen-bond acceptors (Lipinski definition) is 4. The topological polar surface area (TPSA) is 43.5 Å². The molecule has 2 saturated heterocycles. The van der Waals surface area contributed by atoms with Crippen molar-refractivity contribution in [2.45, 2.75) is 57.2 Å². The average Bonchev–Trinajstić information content (AvgIpc) is 3.55. The molecule has 5 fully saturated rings. The molecule has 0 aromatic heterocycles. The zero-order valence-electron chi connectivity index (χ0n) is 15.4. The summed E-state index contributed by atoms with van der Waals surface area (Å²) in [6.45, 7) is 5.35. The summed E-state index contributed by atoms with van der Waals surface area (Å²) in [5.41, 5.74) is 0. The fourth-order valence-electron chi connectivity index (χ4n) is 6.31. The number of rotatable bonds is 10. The first kappa shape index (κ1) is 17.0. The van der Waals surface area contributed by atoms with E-state index in [1.807, 2.05) is 0 Å². The van der Waals surface area contributed by atoms with Gasteiger partial charge in [-0.25, -0.2) is 0 Å². The summed E-state index contributed by atoms with van der Waals surface area (Å²) in [5.74, 6) is 5.95. The minimum atomic E-state index is 0.413. The molecule has 142 valence electrons. The second-order valence-electron chi connectivity index (χ2n) is 9.30. The lowest BCUT2D eigenvalue weighted by Crippen LogP contribution is -2.34. The van der Waals surface area contributed by atoms with E-state index < -0.39 is 0 Å². The van der Waals surface area contributed by atoms with Crippen LogP contribution < -0.4 is 0 Å². The first-order valence-corrected chi connectivity index (χ1v) is 10.8. The summed E-state index contributed by atoms with van der Waals surface area (Å²) >= 11 is 0. The van der Waals surface area contributed by atoms with Crippen LogP contribution in [-0.4, -0.2) is 51.8 Å². The van der Waals surface area contributed by atoms with Crippen LogP contribution in [0.15, 0.2) is 0 Å². The highest BCUT2D eigenvalue weighted by Gasteiger charge is 2.53. The Kier molecular flexibility index (Phi) is 5.06. The van der Waals surface area contributed by atoms with Gasteiger partial charge in [-0.05, 0) is 74.0 Å². The minimum Gasteiger partial charge on any atom is -0.379 e. The Balaban J connectivity index is 1.05. The summed E-state index contributed by atoms with van der Waals surface area (Å²) in [6, 6.07) is 0. The molecule has 2 heterocycles. The zero-order chi connectivity index (χ0) is 16.6. The third-order valence-electron chi connectivity index (χ3n) is 7.72. The average molecular weight is 350 g/mol. The van der Waals surface area contributed by atoms with Crippen LogP contribution in [0.25, 0.3) is 0 Å². The molecule has 0 aromatic carbocycles. The second kappa shape index (κ2) is 7.46. The Labute approximate surface area is 151 Å². The van der Waals surface area contributed by atoms with Crippen molar-refractivity contribution in [3.63, 3.8) is 0 Å². The van der Waals surface area contributed by atoms with Crippen LogP contribution in [0.2, 0.25) is 0 Å². The van der Waals surface area contributed by atoms with Crippen molar-refractivity contribution >= 4 is 0 Å². The van der Waals surface area contributed by atoms with E-state index in [1.54, 1.807) is 0 Å². The van der Waals surface area contributed by atoms with Gasteiger partial charge in [-0.3, -0.25) is 0 Å². The van der Waals surface area contributed by atoms with E-state index in [0.29, 0.717) is 12.2 Å². The number of hydrogen-bond donors (Lipinski definition) is 0. The van der Waals surface area contributed by atoms with Gasteiger partial charge >= 0.3 is 0 Å². The van der Waals surface area contributed by atoms with Crippen molar-refractivity contribution in [3.05, 3.63) is 0 Å². The Hall–Kier alpha value is -0.160. The zero-order valence-corrected chi connectivity index (χ0v) is 15.4. The molecule has 0 N–H and O–H groups in total. The molecule has 3 saturated carbocycles. The smallest absolute Gasteiger partial charge is 0.104 e. The maximum Gasteiger partial charge on any atom is 0.104 e. The molecule has 3 aliphatic carbocycles. The SMILES string of the molecule is C(CC1CCC2C3CC(CCOCC4CO4)C(C3)C2C1)OCC1CO1. The molecule has 0 amide bonds. The van der Waals surface area contributed by atoms with Gasteiger partial charge in [-0.15, -0.1) is 0 Å². The van der Waals surface area contributed by atoms with Crippen molar-refractivity contribution in [1.82, 2.24) is 0 Å². The fourth-order valence-corrected chi connectivity index (χ4v) is 6.31. The quantitative estimate of drug-likeness (QED) is 0.448. The molecule has 0 aromatic rings. The van der Waals surface area contributed by atoms with Gasteiger partial charge in [0.05, 0.1) is 26.4 Å². The molecule has 5 rings (SSSR count). The summed E-state index contributed by atoms with van der Waals surface area (Å²) < 4.78 is 22.1. The van der Waals surface area contributed by atoms with Gasteiger partial charge in [-0.1, -0.05) is 6.42 Å². The standard InChI is InChI=1S/C21H34O4/c1-2-19-16-8-15(4-6-23-11-18-13-25-18)20(9-16)21(19)7-14(1)3-5-22-10-17-12-24-17/h14-21H,1-13H2. The lowest BCUT2D eigenvalue weighted by Gasteiger charge is -2.42. The summed E-state index contributed by atoms with van der Waals surface area (Å²) in [7, 11) is 0. The molecule has 0 spiro atoms. The van der Waals surface area contributed by atoms with Crippen LogP contribution in [-0.2, 0) is 18.9 Å². The summed E-state index contributed by atoms with van der Waals surface area (Å²) in [5, 5.41) is 0. The van der Waals surface area contributed by atoms with Gasteiger partial charge in [0.25, 0.3) is 0 Å². The van der Waals surface area contributed by atoms with Crippen molar-refractivity contribution in [2.75, 3.05) is 39.6 Å². The van der Waals surface area contributed by atoms with Gasteiger partial charge in [0.1, 0.15) is 12.2 Å². The maximum atomic E-state index is 5.82. The molecular weight excluding hydrogens is 316 g/mol. The lowest BCUT2D eigenvalue weighted by molar-refractivity contribution is 0.0430. The van der Waals surface area contributed by atoms with E-state index in [-0.39, 0.29) is 0 Å². The molecule has 2 aliphatic heterocycles. The van der Waals surface area contributed by atoms with E-state index in [9.17, 15) is 0 Å². The van der Waals surface area contributed by atoms with Crippen LogP contribution in [0.3, 0.4) is 0 Å². The van der Waals surface area contributed by atoms with E-state index in [0.717, 1.165) is 75.1 Å². The molecule has 5 aliphatic rings. The van der Waals surface area contributed by atoms with E-state index >= 15 is 0 Å². The third kappa shape index (κ3) is 4.07. The van der Waals surface area contributed by atoms with E-state index in [2.05, 4.69) is 0 Å². The molecule has 4 heteroatoms. The van der Waals surface area contributed by atoms with Gasteiger partial charge in [0.15, 0.2) is 0 Å². The van der Waals surface area contributed by atoms with Crippen molar-refractivity contribution in [1.29, 1.82) is 0 Å². The van der Waals surface area contributed by atoms with E-state index in [4.69, 9.17) is 18.9 Å². The normalized spacial score (nSPS) is 47.0. The first-order chi connectivity index (χ1) is 12.4. The fraction of sp³-hybridized carbons (Fsp3) is 1.00. The highest BCUT2D eigenvalue weighted by atomic mass is 16.6. The third-order valence-corrected chi connectivity index (χ3v) is 7.72. The summed E-state index contributed by atoms with van der Waals surface area (Å²) in [6.07, 6.45) is 10.8. The second-order valence-corrected chi connectivity index (χ2v) is 9.30. The molecule has 25 heavy (non-hydrogen) atoms. The van der Waals surface area contributed by atoms with Crippen molar-refractivity contribution < 1.29 is 18.9 Å². The molecule has 8 unspecified atom stereocenters. The number of ether oxygens (including phenoxy) is 4. The Bertz CT molecular complexity index is 447. The Morgan fingerprint density at radius 1 is 0.720 bits per heavy atom. The van der Waals surface area contributed by atoms with Crippen LogP contribution in [0.5, 0.6) is 0 Å². The van der Waals surface area contributed by atoms with Gasteiger partial charge < -0.3 is 18.9 Å². The van der Waals surface area contributed by atoms with Crippen molar-refractivity contribution in [3.8, 4) is 0 Å². The molecule has 4 nitrogen and oxygen atoms in total. The van der Waals surface area contributed by atoms with Crippen LogP contribution in [0.4, 0.5) is 0 Å². The predicted octanol–water partition coefficient (Wildman–Crippen LogP) is 3.29. The first-order valence-electron chi connectivity index (χ1n) is 10.8. The molecule has 0 radical (unpaired) electrons. The van der Waals surface area contributed by atoms with Crippen LogP contribution in [0, 0.1) is 35.5 Å².